The number of Topliss-reactive ketones (excluding diaryl/α,β-unsaturated/α-hetero) is 1. The number of ether oxygens (including phenoxy) is 15. The Morgan fingerprint density at radius 3 is 0.863 bits per heavy atom. The van der Waals surface area contributed by atoms with E-state index in [1.54, 1.807) is 0 Å². The molecule has 20 nitrogen and oxygen atoms in total. The molecule has 0 heterocycles. The third-order valence-electron chi connectivity index (χ3n) is 10.8. The van der Waals surface area contributed by atoms with Crippen LogP contribution < -0.4 is 0 Å². The van der Waals surface area contributed by atoms with Gasteiger partial charge in [-0.05, 0) is 19.3 Å². The van der Waals surface area contributed by atoms with Crippen LogP contribution in [0, 0.1) is 0 Å². The lowest BCUT2D eigenvalue weighted by Crippen LogP contribution is -2.16. The molecule has 0 amide bonds. The number of ketones is 1. The Hall–Kier alpha value is -1.99. The highest BCUT2D eigenvalue weighted by molar-refractivity contribution is 5.82. The first kappa shape index (κ1) is 71.0. The van der Waals surface area contributed by atoms with Gasteiger partial charge < -0.3 is 81.3 Å². The second-order valence-electron chi connectivity index (χ2n) is 17.2. The predicted molar refractivity (Wildman–Crippen MR) is 274 cm³/mol. The number of hydrogen-bond acceptors (Lipinski definition) is 19. The summed E-state index contributed by atoms with van der Waals surface area (Å²) in [5.41, 5.74) is 0. The third-order valence-corrected chi connectivity index (χ3v) is 10.8. The molecule has 73 heavy (non-hydrogen) atoms. The molecule has 0 rings (SSSR count). The van der Waals surface area contributed by atoms with Crippen molar-refractivity contribution in [2.45, 2.75) is 135 Å². The van der Waals surface area contributed by atoms with Crippen molar-refractivity contribution >= 4 is 17.7 Å². The van der Waals surface area contributed by atoms with Crippen LogP contribution in [0.2, 0.25) is 0 Å². The fourth-order valence-corrected chi connectivity index (χ4v) is 6.64. The lowest BCUT2D eigenvalue weighted by molar-refractivity contribution is -0.145. The molecule has 0 aliphatic rings. The smallest absolute Gasteiger partial charge is 0.305 e. The maximum atomic E-state index is 12.0. The minimum absolute atomic E-state index is 0.0329. The fourth-order valence-electron chi connectivity index (χ4n) is 6.64. The summed E-state index contributed by atoms with van der Waals surface area (Å²) in [5, 5.41) is 18.7. The quantitative estimate of drug-likeness (QED) is 0.0510. The number of unbranched alkanes of at least 4 members (excludes halogenated alkanes) is 11. The van der Waals surface area contributed by atoms with Gasteiger partial charge in [-0.2, -0.15) is 0 Å². The van der Waals surface area contributed by atoms with Crippen LogP contribution in [0.25, 0.3) is 0 Å². The third kappa shape index (κ3) is 64.2. The number of hydrogen-bond donors (Lipinski definition) is 2. The van der Waals surface area contributed by atoms with E-state index in [2.05, 4.69) is 6.92 Å². The van der Waals surface area contributed by atoms with Crippen LogP contribution in [0.5, 0.6) is 0 Å². The molecule has 0 radical (unpaired) electrons. The normalized spacial score (nSPS) is 12.0. The second kappa shape index (κ2) is 62.5. The molecule has 0 aromatic heterocycles. The number of carbonyl (C=O) groups excluding carboxylic acids is 2. The van der Waals surface area contributed by atoms with Crippen LogP contribution in [-0.4, -0.2) is 226 Å². The largest absolute Gasteiger partial charge is 0.481 e. The highest BCUT2D eigenvalue weighted by Crippen LogP contribution is 2.15. The van der Waals surface area contributed by atoms with Crippen LogP contribution in [0.4, 0.5) is 0 Å². The molecule has 0 bridgehead atoms. The highest BCUT2D eigenvalue weighted by atomic mass is 16.6. The zero-order valence-electron chi connectivity index (χ0n) is 45.3. The van der Waals surface area contributed by atoms with Crippen molar-refractivity contribution in [2.24, 2.45) is 0 Å². The number of aliphatic hydroxyl groups excluding tert-OH is 1. The van der Waals surface area contributed by atoms with E-state index in [0.717, 1.165) is 44.9 Å². The lowest BCUT2D eigenvalue weighted by Gasteiger charge is -2.10. The van der Waals surface area contributed by atoms with Gasteiger partial charge in [-0.1, -0.05) is 84.0 Å². The molecule has 0 saturated heterocycles. The van der Waals surface area contributed by atoms with Gasteiger partial charge in [0.25, 0.3) is 0 Å². The van der Waals surface area contributed by atoms with Crippen molar-refractivity contribution in [1.29, 1.82) is 0 Å². The molecule has 0 saturated carbocycles. The Labute approximate surface area is 438 Å². The number of carboxylic acid groups (broad SMARTS) is 1. The van der Waals surface area contributed by atoms with Crippen LogP contribution in [0.1, 0.15) is 129 Å². The van der Waals surface area contributed by atoms with Crippen LogP contribution >= 0.6 is 0 Å². The number of rotatable bonds is 65. The number of carbonyl (C=O) groups is 3. The molecule has 1 unspecified atom stereocenters. The Kier molecular flexibility index (Phi) is 60.8. The molecule has 0 aromatic carbocycles. The second-order valence-corrected chi connectivity index (χ2v) is 17.2. The molecule has 434 valence electrons. The first-order chi connectivity index (χ1) is 36.0. The molecule has 2 N–H and O–H groups in total. The molecular weight excluding hydrogens is 957 g/mol. The average molecular weight is 1060 g/mol. The van der Waals surface area contributed by atoms with Crippen molar-refractivity contribution in [3.05, 3.63) is 0 Å². The highest BCUT2D eigenvalue weighted by Gasteiger charge is 2.07. The van der Waals surface area contributed by atoms with Crippen molar-refractivity contribution in [2.75, 3.05) is 192 Å². The fraction of sp³-hybridized carbons (Fsp3) is 0.943. The molecule has 0 aliphatic carbocycles. The minimum atomic E-state index is -0.977. The predicted octanol–water partition coefficient (Wildman–Crippen LogP) is 6.21. The summed E-state index contributed by atoms with van der Waals surface area (Å²) < 4.78 is 81.9. The molecule has 20 heteroatoms. The molecule has 0 fully saturated rings. The van der Waals surface area contributed by atoms with E-state index in [1.165, 1.54) is 51.4 Å². The molecule has 1 atom stereocenters. The Balaban J connectivity index is 3.16. The molecular formula is C53H102O20. The number of aliphatic hydroxyl groups is 1. The topological polar surface area (TPSA) is 230 Å². The Morgan fingerprint density at radius 1 is 0.301 bits per heavy atom. The summed E-state index contributed by atoms with van der Waals surface area (Å²) in [5.74, 6) is -1.26. The van der Waals surface area contributed by atoms with Gasteiger partial charge in [-0.15, -0.1) is 0 Å². The van der Waals surface area contributed by atoms with Crippen molar-refractivity contribution in [3.63, 3.8) is 0 Å². The van der Waals surface area contributed by atoms with E-state index in [-0.39, 0.29) is 50.3 Å². The van der Waals surface area contributed by atoms with Gasteiger partial charge in [0.05, 0.1) is 198 Å². The monoisotopic (exact) mass is 1060 g/mol. The lowest BCUT2D eigenvalue weighted by atomic mass is 10.0. The average Bonchev–Trinajstić information content (AvgIpc) is 3.38. The summed E-state index contributed by atoms with van der Waals surface area (Å²) in [6.45, 7) is 15.0. The summed E-state index contributed by atoms with van der Waals surface area (Å²) in [6, 6.07) is 0. The first-order valence-electron chi connectivity index (χ1n) is 27.6. The van der Waals surface area contributed by atoms with Gasteiger partial charge in [0.1, 0.15) is 12.4 Å². The maximum absolute atomic E-state index is 12.0. The van der Waals surface area contributed by atoms with E-state index in [0.29, 0.717) is 185 Å². The zero-order valence-corrected chi connectivity index (χ0v) is 45.3. The van der Waals surface area contributed by atoms with E-state index >= 15 is 0 Å². The van der Waals surface area contributed by atoms with Gasteiger partial charge in [0, 0.05) is 19.3 Å². The SMILES string of the molecule is CCCCCCCC(O)CCCCCCCCCCC(=O)OCCOCCOCCOCCOCCOCCOCCOCCOCCOCCOCCOCCOCCOCCOCCC(=O)CCC(=O)O. The molecule has 0 aliphatic heterocycles. The number of aliphatic carboxylic acids is 1. The Bertz CT molecular complexity index is 1120. The Morgan fingerprint density at radius 2 is 0.562 bits per heavy atom. The van der Waals surface area contributed by atoms with Gasteiger partial charge in [0.2, 0.25) is 0 Å². The van der Waals surface area contributed by atoms with E-state index < -0.39 is 5.97 Å². The van der Waals surface area contributed by atoms with Crippen LogP contribution in [0.3, 0.4) is 0 Å². The zero-order chi connectivity index (χ0) is 52.9. The van der Waals surface area contributed by atoms with Crippen molar-refractivity contribution in [3.8, 4) is 0 Å². The minimum Gasteiger partial charge on any atom is -0.481 e. The van der Waals surface area contributed by atoms with Gasteiger partial charge in [-0.3, -0.25) is 14.4 Å². The number of carboxylic acids is 1. The van der Waals surface area contributed by atoms with Gasteiger partial charge in [-0.25, -0.2) is 0 Å². The maximum Gasteiger partial charge on any atom is 0.305 e. The summed E-state index contributed by atoms with van der Waals surface area (Å²) in [6.07, 6.45) is 17.6. The molecule has 0 spiro atoms. The standard InChI is InChI=1S/C53H102O20/c1-2-3-4-9-12-15-50(54)16-13-10-7-5-6-8-11-14-17-53(58)73-49-48-72-47-46-71-45-44-70-43-42-69-41-40-68-39-38-67-37-36-66-35-34-65-33-32-64-31-30-63-29-28-62-27-26-61-25-24-60-23-22-59-21-20-51(55)18-19-52(56)57/h50,54H,2-49H2,1H3,(H,56,57). The van der Waals surface area contributed by atoms with Gasteiger partial charge >= 0.3 is 11.9 Å². The van der Waals surface area contributed by atoms with E-state index in [4.69, 9.17) is 76.2 Å². The number of esters is 1. The summed E-state index contributed by atoms with van der Waals surface area (Å²) in [4.78, 5) is 33.9. The summed E-state index contributed by atoms with van der Waals surface area (Å²) in [7, 11) is 0. The van der Waals surface area contributed by atoms with E-state index in [1.807, 2.05) is 0 Å². The molecule has 0 aromatic rings. The van der Waals surface area contributed by atoms with E-state index in [9.17, 15) is 19.5 Å². The summed E-state index contributed by atoms with van der Waals surface area (Å²) >= 11 is 0. The van der Waals surface area contributed by atoms with Crippen LogP contribution in [-0.2, 0) is 85.4 Å². The van der Waals surface area contributed by atoms with Crippen LogP contribution in [0.15, 0.2) is 0 Å². The van der Waals surface area contributed by atoms with Crippen molar-refractivity contribution < 1.29 is 95.6 Å². The van der Waals surface area contributed by atoms with Crippen molar-refractivity contribution in [1.82, 2.24) is 0 Å². The van der Waals surface area contributed by atoms with Gasteiger partial charge in [0.15, 0.2) is 0 Å². The first-order valence-corrected chi connectivity index (χ1v) is 27.6.